The van der Waals surface area contributed by atoms with Crippen LogP contribution >= 0.6 is 11.3 Å². The molecule has 0 atom stereocenters. The van der Waals surface area contributed by atoms with Crippen LogP contribution in [0.1, 0.15) is 43.2 Å². The third kappa shape index (κ3) is 4.53. The largest absolute Gasteiger partial charge is 0.226 e. The molecule has 2 aromatic heterocycles. The molecule has 1 fully saturated rings. The molecule has 234 valence electrons. The van der Waals surface area contributed by atoms with Crippen molar-refractivity contribution in [2.45, 2.75) is 37.5 Å². The molecule has 2 aliphatic carbocycles. The summed E-state index contributed by atoms with van der Waals surface area (Å²) in [5, 5.41) is 1.18. The predicted molar refractivity (Wildman–Crippen MR) is 206 cm³/mol. The second-order valence-corrected chi connectivity index (χ2v) is 14.7. The minimum absolute atomic E-state index is 0.138. The lowest BCUT2D eigenvalue weighted by Crippen LogP contribution is -2.27. The zero-order chi connectivity index (χ0) is 32.4. The molecule has 2 aliphatic rings. The van der Waals surface area contributed by atoms with Gasteiger partial charge in [0.25, 0.3) is 0 Å². The highest BCUT2D eigenvalue weighted by atomic mass is 32.1. The zero-order valence-electron chi connectivity index (χ0n) is 27.2. The molecule has 6 aromatic carbocycles. The van der Waals surface area contributed by atoms with Gasteiger partial charge in [-0.1, -0.05) is 153 Å². The number of hydrogen-bond acceptors (Lipinski definition) is 3. The van der Waals surface area contributed by atoms with Crippen molar-refractivity contribution in [2.75, 3.05) is 0 Å². The summed E-state index contributed by atoms with van der Waals surface area (Å²) >= 11 is 1.79. The molecule has 1 saturated carbocycles. The van der Waals surface area contributed by atoms with E-state index >= 15 is 0 Å². The summed E-state index contributed by atoms with van der Waals surface area (Å²) in [7, 11) is 0. The van der Waals surface area contributed by atoms with Crippen molar-refractivity contribution < 1.29 is 0 Å². The van der Waals surface area contributed by atoms with Gasteiger partial charge in [-0.05, 0) is 69.5 Å². The molecule has 0 saturated heterocycles. The van der Waals surface area contributed by atoms with Gasteiger partial charge in [-0.15, -0.1) is 11.3 Å². The van der Waals surface area contributed by atoms with Crippen LogP contribution in [-0.2, 0) is 5.41 Å². The van der Waals surface area contributed by atoms with E-state index in [1.54, 1.807) is 11.3 Å². The Morgan fingerprint density at radius 2 is 1.14 bits per heavy atom. The molecule has 0 N–H and O–H groups in total. The summed E-state index contributed by atoms with van der Waals surface area (Å²) < 4.78 is 2.36. The first-order chi connectivity index (χ1) is 24.3. The molecule has 0 radical (unpaired) electrons. The van der Waals surface area contributed by atoms with Gasteiger partial charge >= 0.3 is 0 Å². The second kappa shape index (κ2) is 11.4. The molecular weight excluding hydrogens is 613 g/mol. The summed E-state index contributed by atoms with van der Waals surface area (Å²) in [4.78, 5) is 10.6. The van der Waals surface area contributed by atoms with Crippen LogP contribution in [0.5, 0.6) is 0 Å². The highest BCUT2D eigenvalue weighted by molar-refractivity contribution is 7.26. The van der Waals surface area contributed by atoms with Gasteiger partial charge in [-0.2, -0.15) is 0 Å². The van der Waals surface area contributed by atoms with Crippen LogP contribution in [0.3, 0.4) is 0 Å². The minimum Gasteiger partial charge on any atom is -0.226 e. The fourth-order valence-corrected chi connectivity index (χ4v) is 9.79. The van der Waals surface area contributed by atoms with Crippen LogP contribution in [0, 0.1) is 0 Å². The molecule has 8 aromatic rings. The van der Waals surface area contributed by atoms with E-state index in [4.69, 9.17) is 9.97 Å². The topological polar surface area (TPSA) is 25.8 Å². The average molecular weight is 647 g/mol. The van der Waals surface area contributed by atoms with Crippen LogP contribution in [0.4, 0.5) is 0 Å². The van der Waals surface area contributed by atoms with Gasteiger partial charge in [0.15, 0.2) is 5.82 Å². The smallest absolute Gasteiger partial charge is 0.160 e. The Kier molecular flexibility index (Phi) is 6.63. The normalized spacial score (nSPS) is 14.7. The van der Waals surface area contributed by atoms with E-state index in [1.807, 2.05) is 0 Å². The van der Waals surface area contributed by atoms with E-state index in [0.29, 0.717) is 0 Å². The van der Waals surface area contributed by atoms with Gasteiger partial charge in [0.05, 0.1) is 15.9 Å². The molecule has 0 bridgehead atoms. The van der Waals surface area contributed by atoms with Crippen LogP contribution in [0.25, 0.3) is 76.3 Å². The standard InChI is InChI=1S/C46H34N2S/c1-3-13-30(14-4-1)31-23-25-32(26-24-31)45-47-42(44-43(48-45)37-18-6-8-22-40(37)49-44)34-16-11-15-33(29-34)35-19-12-21-39-41(35)36-17-5-7-20-38(36)46(39)27-9-2-10-28-46/h1,3-8,11-26,29H,2,9-10,27-28H2. The van der Waals surface area contributed by atoms with Gasteiger partial charge in [0.2, 0.25) is 0 Å². The van der Waals surface area contributed by atoms with E-state index < -0.39 is 0 Å². The molecule has 0 amide bonds. The van der Waals surface area contributed by atoms with Crippen molar-refractivity contribution in [3.63, 3.8) is 0 Å². The van der Waals surface area contributed by atoms with Crippen molar-refractivity contribution in [3.05, 3.63) is 157 Å². The first-order valence-corrected chi connectivity index (χ1v) is 18.3. The quantitative estimate of drug-likeness (QED) is 0.190. The first-order valence-electron chi connectivity index (χ1n) is 17.5. The van der Waals surface area contributed by atoms with E-state index in [9.17, 15) is 0 Å². The lowest BCUT2D eigenvalue weighted by molar-refractivity contribution is 0.353. The number of nitrogens with zero attached hydrogens (tertiary/aromatic N) is 2. The first kappa shape index (κ1) is 28.6. The number of fused-ring (bicyclic) bond motifs is 8. The maximum absolute atomic E-state index is 5.35. The predicted octanol–water partition coefficient (Wildman–Crippen LogP) is 12.7. The molecule has 0 aliphatic heterocycles. The van der Waals surface area contributed by atoms with E-state index in [0.717, 1.165) is 32.9 Å². The maximum Gasteiger partial charge on any atom is 0.160 e. The van der Waals surface area contributed by atoms with E-state index in [2.05, 4.69) is 146 Å². The number of hydrogen-bond donors (Lipinski definition) is 0. The fraction of sp³-hybridized carbons (Fsp3) is 0.130. The van der Waals surface area contributed by atoms with Crippen molar-refractivity contribution in [1.82, 2.24) is 9.97 Å². The Balaban J connectivity index is 1.14. The van der Waals surface area contributed by atoms with Crippen molar-refractivity contribution in [1.29, 1.82) is 0 Å². The SMILES string of the molecule is c1ccc(-c2ccc(-c3nc(-c4cccc(-c5cccc6c5-c5ccccc5C65CCCCC5)c4)c4sc5ccccc5c4n3)cc2)cc1. The molecule has 2 nitrogen and oxygen atoms in total. The van der Waals surface area contributed by atoms with Gasteiger partial charge in [-0.3, -0.25) is 0 Å². The van der Waals surface area contributed by atoms with Crippen LogP contribution < -0.4 is 0 Å². The van der Waals surface area contributed by atoms with Gasteiger partial charge in [-0.25, -0.2) is 9.97 Å². The van der Waals surface area contributed by atoms with E-state index in [1.165, 1.54) is 86.7 Å². The second-order valence-electron chi connectivity index (χ2n) is 13.6. The third-order valence-corrected chi connectivity index (χ3v) is 12.1. The fourth-order valence-electron chi connectivity index (χ4n) is 8.63. The molecule has 10 rings (SSSR count). The zero-order valence-corrected chi connectivity index (χ0v) is 28.0. The van der Waals surface area contributed by atoms with Gasteiger partial charge in [0.1, 0.15) is 0 Å². The number of rotatable bonds is 4. The van der Waals surface area contributed by atoms with Gasteiger partial charge < -0.3 is 0 Å². The Labute approximate surface area is 290 Å². The Bertz CT molecular complexity index is 2520. The molecule has 49 heavy (non-hydrogen) atoms. The van der Waals surface area contributed by atoms with Crippen LogP contribution in [-0.4, -0.2) is 9.97 Å². The maximum atomic E-state index is 5.35. The highest BCUT2D eigenvalue weighted by Crippen LogP contribution is 2.58. The summed E-state index contributed by atoms with van der Waals surface area (Å²) in [6.45, 7) is 0. The summed E-state index contributed by atoms with van der Waals surface area (Å²) in [6.07, 6.45) is 6.40. The highest BCUT2D eigenvalue weighted by Gasteiger charge is 2.44. The summed E-state index contributed by atoms with van der Waals surface area (Å²) in [6, 6.07) is 53.1. The molecule has 3 heteroatoms. The van der Waals surface area contributed by atoms with Crippen molar-refractivity contribution in [3.8, 4) is 56.0 Å². The van der Waals surface area contributed by atoms with Crippen LogP contribution in [0.2, 0.25) is 0 Å². The Morgan fingerprint density at radius 3 is 2.02 bits per heavy atom. The third-order valence-electron chi connectivity index (χ3n) is 10.9. The Morgan fingerprint density at radius 1 is 0.490 bits per heavy atom. The van der Waals surface area contributed by atoms with E-state index in [-0.39, 0.29) is 5.41 Å². The minimum atomic E-state index is 0.138. The lowest BCUT2D eigenvalue weighted by Gasteiger charge is -2.36. The molecule has 2 heterocycles. The number of thiophene rings is 1. The molecular formula is C46H34N2S. The number of aromatic nitrogens is 2. The van der Waals surface area contributed by atoms with Crippen molar-refractivity contribution >= 4 is 31.6 Å². The summed E-state index contributed by atoms with van der Waals surface area (Å²) in [5.74, 6) is 0.754. The monoisotopic (exact) mass is 646 g/mol. The average Bonchev–Trinajstić information content (AvgIpc) is 3.69. The van der Waals surface area contributed by atoms with Crippen molar-refractivity contribution in [2.24, 2.45) is 0 Å². The molecule has 0 unspecified atom stereocenters. The summed E-state index contributed by atoms with van der Waals surface area (Å²) in [5.41, 5.74) is 15.1. The van der Waals surface area contributed by atoms with Gasteiger partial charge in [0, 0.05) is 26.6 Å². The van der Waals surface area contributed by atoms with Crippen LogP contribution in [0.15, 0.2) is 146 Å². The molecule has 1 spiro atoms. The lowest BCUT2D eigenvalue weighted by atomic mass is 9.68. The number of benzene rings is 6. The Hall–Kier alpha value is -5.38.